The summed E-state index contributed by atoms with van der Waals surface area (Å²) in [5, 5.41) is 14.7. The number of nitrogens with zero attached hydrogens (tertiary/aromatic N) is 3. The summed E-state index contributed by atoms with van der Waals surface area (Å²) < 4.78 is 25.3. The molecule has 0 aromatic carbocycles. The van der Waals surface area contributed by atoms with Crippen molar-refractivity contribution in [3.8, 4) is 0 Å². The number of aromatic nitrogens is 2. The van der Waals surface area contributed by atoms with Crippen molar-refractivity contribution in [1.29, 1.82) is 0 Å². The fourth-order valence-corrected chi connectivity index (χ4v) is 6.98. The molecule has 0 aliphatic carbocycles. The normalized spacial score (nSPS) is 34.7. The Morgan fingerprint density at radius 3 is 2.44 bits per heavy atom. The first-order chi connectivity index (χ1) is 11.9. The van der Waals surface area contributed by atoms with E-state index in [-0.39, 0.29) is 24.2 Å². The van der Waals surface area contributed by atoms with Crippen molar-refractivity contribution in [1.82, 2.24) is 14.7 Å². The monoisotopic (exact) mass is 387 g/mol. The summed E-state index contributed by atoms with van der Waals surface area (Å²) in [7, 11) is -2.96. The van der Waals surface area contributed by atoms with Gasteiger partial charge in [0.05, 0.1) is 23.2 Å². The van der Waals surface area contributed by atoms with Gasteiger partial charge in [0.25, 0.3) is 0 Å². The second kappa shape index (κ2) is 6.51. The maximum Gasteiger partial charge on any atom is 0.152 e. The van der Waals surface area contributed by atoms with Crippen LogP contribution in [0, 0.1) is 12.8 Å². The molecule has 3 saturated heterocycles. The average molecular weight is 388 g/mol. The molecular formula is C17H26ClN3O3S. The molecule has 0 radical (unpaired) electrons. The van der Waals surface area contributed by atoms with Gasteiger partial charge in [0.2, 0.25) is 0 Å². The Morgan fingerprint density at radius 2 is 1.88 bits per heavy atom. The molecule has 8 heteroatoms. The lowest BCUT2D eigenvalue weighted by atomic mass is 9.91. The highest BCUT2D eigenvalue weighted by atomic mass is 35.5. The van der Waals surface area contributed by atoms with E-state index >= 15 is 0 Å². The van der Waals surface area contributed by atoms with Gasteiger partial charge in [-0.25, -0.2) is 13.1 Å². The number of hydrogen-bond acceptors (Lipinski definition) is 5. The summed E-state index contributed by atoms with van der Waals surface area (Å²) in [6, 6.07) is 0.893. The quantitative estimate of drug-likeness (QED) is 0.854. The van der Waals surface area contributed by atoms with Crippen LogP contribution in [-0.4, -0.2) is 58.4 Å². The highest BCUT2D eigenvalue weighted by Crippen LogP contribution is 2.40. The third kappa shape index (κ3) is 3.24. The maximum atomic E-state index is 11.8. The van der Waals surface area contributed by atoms with Crippen LogP contribution in [0.1, 0.15) is 49.4 Å². The molecule has 1 aromatic rings. The van der Waals surface area contributed by atoms with E-state index in [0.717, 1.165) is 30.6 Å². The third-order valence-corrected chi connectivity index (χ3v) is 8.43. The Labute approximate surface area is 154 Å². The summed E-state index contributed by atoms with van der Waals surface area (Å²) in [6.07, 6.45) is 5.08. The van der Waals surface area contributed by atoms with Crippen LogP contribution in [-0.2, 0) is 16.4 Å². The van der Waals surface area contributed by atoms with Gasteiger partial charge in [-0.05, 0) is 44.9 Å². The van der Waals surface area contributed by atoms with Crippen LogP contribution >= 0.6 is 11.6 Å². The Bertz CT molecular complexity index is 749. The molecule has 2 bridgehead atoms. The Balaban J connectivity index is 1.54. The minimum absolute atomic E-state index is 0.137. The highest BCUT2D eigenvalue weighted by molar-refractivity contribution is 7.91. The Hall–Kier alpha value is -0.630. The summed E-state index contributed by atoms with van der Waals surface area (Å²) >= 11 is 6.63. The van der Waals surface area contributed by atoms with Crippen LogP contribution in [0.3, 0.4) is 0 Å². The highest BCUT2D eigenvalue weighted by Gasteiger charge is 2.41. The van der Waals surface area contributed by atoms with Gasteiger partial charge in [-0.3, -0.25) is 4.90 Å². The maximum absolute atomic E-state index is 11.8. The summed E-state index contributed by atoms with van der Waals surface area (Å²) in [4.78, 5) is 2.53. The second-order valence-electron chi connectivity index (χ2n) is 7.93. The van der Waals surface area contributed by atoms with Crippen LogP contribution in [0.15, 0.2) is 0 Å². The number of halogens is 1. The largest absolute Gasteiger partial charge is 0.396 e. The van der Waals surface area contributed by atoms with E-state index in [1.54, 1.807) is 4.68 Å². The van der Waals surface area contributed by atoms with Gasteiger partial charge in [-0.15, -0.1) is 0 Å². The summed E-state index contributed by atoms with van der Waals surface area (Å²) in [6.45, 7) is 3.02. The molecule has 4 atom stereocenters. The number of aryl methyl sites for hydroxylation is 1. The van der Waals surface area contributed by atoms with Gasteiger partial charge < -0.3 is 5.11 Å². The van der Waals surface area contributed by atoms with Crippen molar-refractivity contribution in [3.63, 3.8) is 0 Å². The van der Waals surface area contributed by atoms with Crippen molar-refractivity contribution in [2.45, 2.75) is 63.7 Å². The number of sulfone groups is 1. The lowest BCUT2D eigenvalue weighted by molar-refractivity contribution is 0.0682. The van der Waals surface area contributed by atoms with Gasteiger partial charge in [0.1, 0.15) is 5.15 Å². The molecule has 0 saturated carbocycles. The lowest BCUT2D eigenvalue weighted by Crippen LogP contribution is -2.43. The van der Waals surface area contributed by atoms with E-state index in [1.807, 2.05) is 6.92 Å². The predicted molar refractivity (Wildman–Crippen MR) is 96.4 cm³/mol. The van der Waals surface area contributed by atoms with Crippen molar-refractivity contribution in [2.75, 3.05) is 18.1 Å². The molecular weight excluding hydrogens is 362 g/mol. The number of piperidine rings is 1. The minimum Gasteiger partial charge on any atom is -0.396 e. The molecule has 6 nitrogen and oxygen atoms in total. The fraction of sp³-hybridized carbons (Fsp3) is 0.824. The fourth-order valence-electron chi connectivity index (χ4n) is 4.92. The molecule has 25 heavy (non-hydrogen) atoms. The molecule has 3 fully saturated rings. The summed E-state index contributed by atoms with van der Waals surface area (Å²) in [5.41, 5.74) is 1.93. The zero-order chi connectivity index (χ0) is 17.8. The van der Waals surface area contributed by atoms with E-state index in [9.17, 15) is 13.5 Å². The molecule has 4 heterocycles. The number of fused-ring (bicyclic) bond motifs is 2. The Kier molecular flexibility index (Phi) is 4.63. The SMILES string of the molecule is Cc1nn(C2CCS(=O)(=O)C2)c(Cl)c1CN1[C@@H]2CC[C@H]1CC(CO)C2. The van der Waals surface area contributed by atoms with E-state index < -0.39 is 9.84 Å². The molecule has 2 unspecified atom stereocenters. The zero-order valence-electron chi connectivity index (χ0n) is 14.6. The minimum atomic E-state index is -2.96. The second-order valence-corrected chi connectivity index (χ2v) is 10.5. The van der Waals surface area contributed by atoms with Crippen molar-refractivity contribution in [3.05, 3.63) is 16.4 Å². The molecule has 1 N–H and O–H groups in total. The zero-order valence-corrected chi connectivity index (χ0v) is 16.1. The van der Waals surface area contributed by atoms with Gasteiger partial charge in [-0.1, -0.05) is 11.6 Å². The standard InChI is InChI=1S/C17H26ClN3O3S/c1-11-16(8-20-13-2-3-14(20)7-12(6-13)9-22)17(18)21(19-11)15-4-5-25(23,24)10-15/h12-15,22H,2-10H2,1H3/t12?,13-,14+,15?. The summed E-state index contributed by atoms with van der Waals surface area (Å²) in [5.74, 6) is 0.790. The van der Waals surface area contributed by atoms with Crippen molar-refractivity contribution in [2.24, 2.45) is 5.92 Å². The molecule has 1 aromatic heterocycles. The van der Waals surface area contributed by atoms with Crippen LogP contribution in [0.4, 0.5) is 0 Å². The van der Waals surface area contributed by atoms with Gasteiger partial charge in [0, 0.05) is 30.8 Å². The first-order valence-electron chi connectivity index (χ1n) is 9.18. The van der Waals surface area contributed by atoms with E-state index in [2.05, 4.69) is 10.00 Å². The Morgan fingerprint density at radius 1 is 1.20 bits per heavy atom. The molecule has 0 spiro atoms. The van der Waals surface area contributed by atoms with E-state index in [4.69, 9.17) is 11.6 Å². The van der Waals surface area contributed by atoms with Crippen LogP contribution in [0.25, 0.3) is 0 Å². The van der Waals surface area contributed by atoms with E-state index in [1.165, 1.54) is 12.8 Å². The molecule has 4 rings (SSSR count). The third-order valence-electron chi connectivity index (χ3n) is 6.28. The smallest absolute Gasteiger partial charge is 0.152 e. The van der Waals surface area contributed by atoms with Crippen LogP contribution in [0.2, 0.25) is 5.15 Å². The molecule has 140 valence electrons. The van der Waals surface area contributed by atoms with Crippen molar-refractivity contribution >= 4 is 21.4 Å². The van der Waals surface area contributed by atoms with Gasteiger partial charge >= 0.3 is 0 Å². The van der Waals surface area contributed by atoms with Gasteiger partial charge in [-0.2, -0.15) is 5.10 Å². The topological polar surface area (TPSA) is 75.4 Å². The number of hydrogen-bond donors (Lipinski definition) is 1. The van der Waals surface area contributed by atoms with Crippen molar-refractivity contribution < 1.29 is 13.5 Å². The number of rotatable bonds is 4. The van der Waals surface area contributed by atoms with Crippen LogP contribution in [0.5, 0.6) is 0 Å². The lowest BCUT2D eigenvalue weighted by Gasteiger charge is -2.38. The number of aliphatic hydroxyl groups is 1. The average Bonchev–Trinajstić information content (AvgIpc) is 3.13. The first-order valence-corrected chi connectivity index (χ1v) is 11.4. The molecule has 0 amide bonds. The first kappa shape index (κ1) is 17.8. The molecule has 3 aliphatic heterocycles. The van der Waals surface area contributed by atoms with Gasteiger partial charge in [0.15, 0.2) is 9.84 Å². The number of aliphatic hydroxyl groups excluding tert-OH is 1. The van der Waals surface area contributed by atoms with E-state index in [0.29, 0.717) is 29.6 Å². The molecule has 3 aliphatic rings. The predicted octanol–water partition coefficient (Wildman–Crippen LogP) is 1.94. The van der Waals surface area contributed by atoms with Crippen LogP contribution < -0.4 is 0 Å².